The zero-order valence-corrected chi connectivity index (χ0v) is 13.2. The van der Waals surface area contributed by atoms with Crippen LogP contribution in [-0.4, -0.2) is 0 Å². The lowest BCUT2D eigenvalue weighted by Gasteiger charge is -2.25. The molecule has 2 aromatic carbocycles. The van der Waals surface area contributed by atoms with Crippen molar-refractivity contribution < 1.29 is 8.78 Å². The molecule has 0 amide bonds. The second-order valence-electron chi connectivity index (χ2n) is 6.42. The predicted octanol–water partition coefficient (Wildman–Crippen LogP) is 4.88. The molecule has 1 unspecified atom stereocenters. The zero-order chi connectivity index (χ0) is 16.4. The van der Waals surface area contributed by atoms with E-state index in [2.05, 4.69) is 0 Å². The van der Waals surface area contributed by atoms with E-state index in [9.17, 15) is 8.78 Å². The monoisotopic (exact) mass is 311 g/mol. The number of nitrogens with zero attached hydrogens (tertiary/aromatic N) is 1. The van der Waals surface area contributed by atoms with Crippen molar-refractivity contribution in [3.8, 4) is 6.07 Å². The molecule has 0 aromatic heterocycles. The minimum Gasteiger partial charge on any atom is -0.207 e. The van der Waals surface area contributed by atoms with Crippen LogP contribution in [0.15, 0.2) is 30.3 Å². The van der Waals surface area contributed by atoms with Gasteiger partial charge in [-0.15, -0.1) is 0 Å². The molecular formula is C20H19F2N. The summed E-state index contributed by atoms with van der Waals surface area (Å²) in [6.07, 6.45) is 3.99. The van der Waals surface area contributed by atoms with Crippen molar-refractivity contribution in [2.75, 3.05) is 0 Å². The molecule has 0 spiro atoms. The smallest absolute Gasteiger partial charge is 0.144 e. The molecule has 118 valence electrons. The van der Waals surface area contributed by atoms with Gasteiger partial charge in [0, 0.05) is 0 Å². The van der Waals surface area contributed by atoms with Gasteiger partial charge in [-0.25, -0.2) is 8.78 Å². The second kappa shape index (κ2) is 6.50. The highest BCUT2D eigenvalue weighted by Crippen LogP contribution is 2.31. The molecule has 0 fully saturated rings. The molecule has 1 aliphatic rings. The molecule has 0 bridgehead atoms. The second-order valence-corrected chi connectivity index (χ2v) is 6.42. The Morgan fingerprint density at radius 1 is 1.22 bits per heavy atom. The van der Waals surface area contributed by atoms with E-state index in [1.807, 2.05) is 31.2 Å². The topological polar surface area (TPSA) is 23.8 Å². The fourth-order valence-corrected chi connectivity index (χ4v) is 3.43. The summed E-state index contributed by atoms with van der Waals surface area (Å²) in [5, 5.41) is 8.90. The number of benzene rings is 2. The summed E-state index contributed by atoms with van der Waals surface area (Å²) in [6, 6.07) is 10.7. The van der Waals surface area contributed by atoms with Crippen LogP contribution in [-0.2, 0) is 19.3 Å². The summed E-state index contributed by atoms with van der Waals surface area (Å²) in [6.45, 7) is 1.88. The first kappa shape index (κ1) is 15.7. The standard InChI is InChI=1S/C20H19F2N/c1-13-2-5-15(19(21)10-13)6-3-14-4-9-18-16(11-14)7-8-17(12-23)20(18)22/h2,5,7-8,10,14H,3-4,6,9,11H2,1H3. The first-order chi connectivity index (χ1) is 11.1. The molecule has 3 rings (SSSR count). The maximum atomic E-state index is 14.2. The maximum absolute atomic E-state index is 14.2. The largest absolute Gasteiger partial charge is 0.207 e. The molecular weight excluding hydrogens is 292 g/mol. The van der Waals surface area contributed by atoms with Crippen LogP contribution in [0.25, 0.3) is 0 Å². The highest BCUT2D eigenvalue weighted by Gasteiger charge is 2.22. The fourth-order valence-electron chi connectivity index (χ4n) is 3.43. The third-order valence-corrected chi connectivity index (χ3v) is 4.80. The lowest BCUT2D eigenvalue weighted by molar-refractivity contribution is 0.415. The molecule has 1 nitrogen and oxygen atoms in total. The van der Waals surface area contributed by atoms with E-state index in [1.54, 1.807) is 12.1 Å². The van der Waals surface area contributed by atoms with Crippen molar-refractivity contribution in [2.24, 2.45) is 5.92 Å². The van der Waals surface area contributed by atoms with Gasteiger partial charge in [-0.3, -0.25) is 0 Å². The van der Waals surface area contributed by atoms with Crippen LogP contribution in [0.2, 0.25) is 0 Å². The van der Waals surface area contributed by atoms with Crippen molar-refractivity contribution in [3.63, 3.8) is 0 Å². The van der Waals surface area contributed by atoms with Crippen molar-refractivity contribution >= 4 is 0 Å². The fraction of sp³-hybridized carbons (Fsp3) is 0.350. The number of hydrogen-bond donors (Lipinski definition) is 0. The van der Waals surface area contributed by atoms with Gasteiger partial charge < -0.3 is 0 Å². The highest BCUT2D eigenvalue weighted by atomic mass is 19.1. The maximum Gasteiger partial charge on any atom is 0.144 e. The average Bonchev–Trinajstić information content (AvgIpc) is 2.54. The first-order valence-electron chi connectivity index (χ1n) is 8.04. The molecule has 1 aliphatic carbocycles. The molecule has 0 saturated carbocycles. The van der Waals surface area contributed by atoms with E-state index in [0.29, 0.717) is 24.3 Å². The molecule has 0 saturated heterocycles. The number of halogens is 2. The number of aryl methyl sites for hydroxylation is 2. The Kier molecular flexibility index (Phi) is 4.43. The molecule has 0 N–H and O–H groups in total. The van der Waals surface area contributed by atoms with Gasteiger partial charge in [0.15, 0.2) is 0 Å². The Morgan fingerprint density at radius 3 is 2.78 bits per heavy atom. The molecule has 3 heteroatoms. The Labute approximate surface area is 135 Å². The SMILES string of the molecule is Cc1ccc(CCC2CCc3c(ccc(C#N)c3F)C2)c(F)c1. The van der Waals surface area contributed by atoms with Crippen LogP contribution in [0.5, 0.6) is 0 Å². The molecule has 2 aromatic rings. The van der Waals surface area contributed by atoms with Gasteiger partial charge in [0.05, 0.1) is 5.56 Å². The van der Waals surface area contributed by atoms with Crippen LogP contribution in [0, 0.1) is 35.8 Å². The van der Waals surface area contributed by atoms with Crippen LogP contribution in [0.1, 0.15) is 40.7 Å². The van der Waals surface area contributed by atoms with Crippen molar-refractivity contribution in [3.05, 3.63) is 69.8 Å². The van der Waals surface area contributed by atoms with Crippen molar-refractivity contribution in [1.29, 1.82) is 5.26 Å². The van der Waals surface area contributed by atoms with E-state index in [0.717, 1.165) is 36.0 Å². The summed E-state index contributed by atoms with van der Waals surface area (Å²) in [7, 11) is 0. The minimum atomic E-state index is -0.354. The zero-order valence-electron chi connectivity index (χ0n) is 13.2. The van der Waals surface area contributed by atoms with Gasteiger partial charge in [0.2, 0.25) is 0 Å². The van der Waals surface area contributed by atoms with Crippen molar-refractivity contribution in [2.45, 2.75) is 39.0 Å². The van der Waals surface area contributed by atoms with Gasteiger partial charge in [0.1, 0.15) is 17.7 Å². The summed E-state index contributed by atoms with van der Waals surface area (Å²) in [5.74, 6) is -0.0468. The Balaban J connectivity index is 1.68. The summed E-state index contributed by atoms with van der Waals surface area (Å²) >= 11 is 0. The lowest BCUT2D eigenvalue weighted by atomic mass is 9.80. The summed E-state index contributed by atoms with van der Waals surface area (Å²) in [5.41, 5.74) is 3.52. The molecule has 1 atom stereocenters. The number of fused-ring (bicyclic) bond motifs is 1. The number of rotatable bonds is 3. The Morgan fingerprint density at radius 2 is 2.04 bits per heavy atom. The third kappa shape index (κ3) is 3.27. The predicted molar refractivity (Wildman–Crippen MR) is 86.1 cm³/mol. The molecule has 0 aliphatic heterocycles. The van der Waals surface area contributed by atoms with Crippen LogP contribution in [0.3, 0.4) is 0 Å². The molecule has 23 heavy (non-hydrogen) atoms. The molecule has 0 radical (unpaired) electrons. The van der Waals surface area contributed by atoms with E-state index >= 15 is 0 Å². The van der Waals surface area contributed by atoms with Gasteiger partial charge in [-0.1, -0.05) is 18.2 Å². The normalized spacial score (nSPS) is 16.7. The Hall–Kier alpha value is -2.21. The molecule has 0 heterocycles. The van der Waals surface area contributed by atoms with E-state index in [4.69, 9.17) is 5.26 Å². The average molecular weight is 311 g/mol. The number of nitriles is 1. The van der Waals surface area contributed by atoms with E-state index in [-0.39, 0.29) is 17.2 Å². The third-order valence-electron chi connectivity index (χ3n) is 4.80. The van der Waals surface area contributed by atoms with Crippen LogP contribution >= 0.6 is 0 Å². The van der Waals surface area contributed by atoms with Gasteiger partial charge in [-0.05, 0) is 79.3 Å². The quantitative estimate of drug-likeness (QED) is 0.792. The number of hydrogen-bond acceptors (Lipinski definition) is 1. The van der Waals surface area contributed by atoms with Gasteiger partial charge in [0.25, 0.3) is 0 Å². The van der Waals surface area contributed by atoms with Gasteiger partial charge in [-0.2, -0.15) is 5.26 Å². The van der Waals surface area contributed by atoms with Crippen LogP contribution < -0.4 is 0 Å². The minimum absolute atomic E-state index is 0.129. The van der Waals surface area contributed by atoms with E-state index < -0.39 is 0 Å². The van der Waals surface area contributed by atoms with Crippen molar-refractivity contribution in [1.82, 2.24) is 0 Å². The lowest BCUT2D eigenvalue weighted by Crippen LogP contribution is -2.17. The first-order valence-corrected chi connectivity index (χ1v) is 8.04. The Bertz CT molecular complexity index is 774. The van der Waals surface area contributed by atoms with Crippen LogP contribution in [0.4, 0.5) is 8.78 Å². The summed E-state index contributed by atoms with van der Waals surface area (Å²) in [4.78, 5) is 0. The van der Waals surface area contributed by atoms with E-state index in [1.165, 1.54) is 0 Å². The van der Waals surface area contributed by atoms with Gasteiger partial charge >= 0.3 is 0 Å². The highest BCUT2D eigenvalue weighted by molar-refractivity contribution is 5.41. The summed E-state index contributed by atoms with van der Waals surface area (Å²) < 4.78 is 28.1.